The van der Waals surface area contributed by atoms with E-state index >= 15 is 0 Å². The molecule has 2 aromatic heterocycles. The molecule has 0 saturated heterocycles. The van der Waals surface area contributed by atoms with Gasteiger partial charge in [-0.05, 0) is 12.1 Å². The average Bonchev–Trinajstić information content (AvgIpc) is 2.31. The fourth-order valence-electron chi connectivity index (χ4n) is 1.30. The molecular formula is C11H9ClN2O. The topological polar surface area (TPSA) is 46.0 Å². The Hall–Kier alpha value is -1.45. The van der Waals surface area contributed by atoms with Gasteiger partial charge in [-0.15, -0.1) is 0 Å². The SMILES string of the molecule is OCc1cc(-c2cccnc2)cnc1Cl. The van der Waals surface area contributed by atoms with E-state index in [1.807, 2.05) is 18.2 Å². The Morgan fingerprint density at radius 1 is 1.27 bits per heavy atom. The summed E-state index contributed by atoms with van der Waals surface area (Å²) in [6.07, 6.45) is 5.12. The molecule has 0 radical (unpaired) electrons. The van der Waals surface area contributed by atoms with E-state index in [0.717, 1.165) is 11.1 Å². The van der Waals surface area contributed by atoms with Crippen LogP contribution in [0, 0.1) is 0 Å². The number of hydrogen-bond donors (Lipinski definition) is 1. The van der Waals surface area contributed by atoms with Gasteiger partial charge in [-0.3, -0.25) is 4.98 Å². The average molecular weight is 221 g/mol. The third-order valence-corrected chi connectivity index (χ3v) is 2.42. The maximum absolute atomic E-state index is 9.05. The van der Waals surface area contributed by atoms with E-state index in [2.05, 4.69) is 9.97 Å². The van der Waals surface area contributed by atoms with Gasteiger partial charge in [0.1, 0.15) is 5.15 Å². The van der Waals surface area contributed by atoms with Crippen LogP contribution in [0.25, 0.3) is 11.1 Å². The summed E-state index contributed by atoms with van der Waals surface area (Å²) in [5.41, 5.74) is 2.48. The van der Waals surface area contributed by atoms with Crippen molar-refractivity contribution in [1.29, 1.82) is 0 Å². The van der Waals surface area contributed by atoms with Gasteiger partial charge in [0, 0.05) is 35.3 Å². The van der Waals surface area contributed by atoms with Crippen molar-refractivity contribution in [2.45, 2.75) is 6.61 Å². The molecule has 0 spiro atoms. The van der Waals surface area contributed by atoms with Crippen LogP contribution < -0.4 is 0 Å². The second-order valence-electron chi connectivity index (χ2n) is 3.07. The van der Waals surface area contributed by atoms with E-state index in [4.69, 9.17) is 16.7 Å². The van der Waals surface area contributed by atoms with Crippen LogP contribution in [0.1, 0.15) is 5.56 Å². The molecule has 0 aliphatic heterocycles. The molecule has 1 N–H and O–H groups in total. The standard InChI is InChI=1S/C11H9ClN2O/c12-11-10(7-15)4-9(6-14-11)8-2-1-3-13-5-8/h1-6,15H,7H2. The Morgan fingerprint density at radius 3 is 2.80 bits per heavy atom. The number of pyridine rings is 2. The normalized spacial score (nSPS) is 10.3. The van der Waals surface area contributed by atoms with Crippen molar-refractivity contribution in [1.82, 2.24) is 9.97 Å². The molecule has 2 heterocycles. The highest BCUT2D eigenvalue weighted by atomic mass is 35.5. The van der Waals surface area contributed by atoms with Crippen LogP contribution in [0.2, 0.25) is 5.15 Å². The molecule has 0 aliphatic rings. The summed E-state index contributed by atoms with van der Waals surface area (Å²) in [5, 5.41) is 9.39. The lowest BCUT2D eigenvalue weighted by Crippen LogP contribution is -1.90. The molecular weight excluding hydrogens is 212 g/mol. The van der Waals surface area contributed by atoms with Gasteiger partial charge in [-0.2, -0.15) is 0 Å². The van der Waals surface area contributed by atoms with E-state index in [1.165, 1.54) is 0 Å². The molecule has 76 valence electrons. The molecule has 0 saturated carbocycles. The second-order valence-corrected chi connectivity index (χ2v) is 3.43. The minimum atomic E-state index is -0.111. The van der Waals surface area contributed by atoms with Crippen molar-refractivity contribution < 1.29 is 5.11 Å². The van der Waals surface area contributed by atoms with Crippen molar-refractivity contribution >= 4 is 11.6 Å². The second kappa shape index (κ2) is 4.38. The number of rotatable bonds is 2. The Kier molecular flexibility index (Phi) is 2.94. The maximum Gasteiger partial charge on any atom is 0.134 e. The smallest absolute Gasteiger partial charge is 0.134 e. The third-order valence-electron chi connectivity index (χ3n) is 2.08. The molecule has 2 rings (SSSR count). The Labute approximate surface area is 92.4 Å². The lowest BCUT2D eigenvalue weighted by Gasteiger charge is -2.04. The van der Waals surface area contributed by atoms with Gasteiger partial charge in [0.2, 0.25) is 0 Å². The van der Waals surface area contributed by atoms with Gasteiger partial charge >= 0.3 is 0 Å². The number of aliphatic hydroxyl groups is 1. The molecule has 4 heteroatoms. The predicted molar refractivity (Wildman–Crippen MR) is 58.4 cm³/mol. The highest BCUT2D eigenvalue weighted by Gasteiger charge is 2.03. The number of aliphatic hydroxyl groups excluding tert-OH is 1. The molecule has 0 bridgehead atoms. The van der Waals surface area contributed by atoms with E-state index in [9.17, 15) is 0 Å². The summed E-state index contributed by atoms with van der Waals surface area (Å²) in [5.74, 6) is 0. The first-order valence-corrected chi connectivity index (χ1v) is 4.84. The number of halogens is 1. The lowest BCUT2D eigenvalue weighted by atomic mass is 10.1. The van der Waals surface area contributed by atoms with Crippen LogP contribution in [0.5, 0.6) is 0 Å². The lowest BCUT2D eigenvalue weighted by molar-refractivity contribution is 0.281. The molecule has 0 amide bonds. The summed E-state index contributed by atoms with van der Waals surface area (Å²) in [4.78, 5) is 8.02. The van der Waals surface area contributed by atoms with Gasteiger partial charge < -0.3 is 5.11 Å². The Balaban J connectivity index is 2.46. The van der Waals surface area contributed by atoms with Gasteiger partial charge in [-0.25, -0.2) is 4.98 Å². The van der Waals surface area contributed by atoms with Crippen LogP contribution in [-0.4, -0.2) is 15.1 Å². The molecule has 0 atom stereocenters. The minimum Gasteiger partial charge on any atom is -0.392 e. The fraction of sp³-hybridized carbons (Fsp3) is 0.0909. The maximum atomic E-state index is 9.05. The summed E-state index contributed by atoms with van der Waals surface area (Å²) >= 11 is 5.80. The number of hydrogen-bond acceptors (Lipinski definition) is 3. The van der Waals surface area contributed by atoms with Crippen LogP contribution >= 0.6 is 11.6 Å². The van der Waals surface area contributed by atoms with Crippen LogP contribution in [0.3, 0.4) is 0 Å². The molecule has 2 aromatic rings. The molecule has 0 unspecified atom stereocenters. The molecule has 3 nitrogen and oxygen atoms in total. The van der Waals surface area contributed by atoms with E-state index in [1.54, 1.807) is 18.6 Å². The van der Waals surface area contributed by atoms with E-state index in [-0.39, 0.29) is 6.61 Å². The zero-order chi connectivity index (χ0) is 10.7. The predicted octanol–water partition coefficient (Wildman–Crippen LogP) is 2.29. The van der Waals surface area contributed by atoms with Crippen LogP contribution in [-0.2, 0) is 6.61 Å². The van der Waals surface area contributed by atoms with Crippen molar-refractivity contribution in [3.8, 4) is 11.1 Å². The van der Waals surface area contributed by atoms with Crippen molar-refractivity contribution in [2.24, 2.45) is 0 Å². The van der Waals surface area contributed by atoms with Gasteiger partial charge in [0.05, 0.1) is 6.61 Å². The summed E-state index contributed by atoms with van der Waals surface area (Å²) in [6.45, 7) is -0.111. The fourth-order valence-corrected chi connectivity index (χ4v) is 1.46. The highest BCUT2D eigenvalue weighted by molar-refractivity contribution is 6.30. The first-order chi connectivity index (χ1) is 7.31. The van der Waals surface area contributed by atoms with E-state index in [0.29, 0.717) is 10.7 Å². The quantitative estimate of drug-likeness (QED) is 0.790. The summed E-state index contributed by atoms with van der Waals surface area (Å²) in [7, 11) is 0. The zero-order valence-corrected chi connectivity index (χ0v) is 8.65. The number of nitrogens with zero attached hydrogens (tertiary/aromatic N) is 2. The Morgan fingerprint density at radius 2 is 2.13 bits per heavy atom. The van der Waals surface area contributed by atoms with E-state index < -0.39 is 0 Å². The van der Waals surface area contributed by atoms with Crippen molar-refractivity contribution in [2.75, 3.05) is 0 Å². The molecule has 0 aliphatic carbocycles. The summed E-state index contributed by atoms with van der Waals surface area (Å²) < 4.78 is 0. The van der Waals surface area contributed by atoms with Gasteiger partial charge in [-0.1, -0.05) is 17.7 Å². The summed E-state index contributed by atoms with van der Waals surface area (Å²) in [6, 6.07) is 5.59. The van der Waals surface area contributed by atoms with Crippen molar-refractivity contribution in [3.05, 3.63) is 47.5 Å². The highest BCUT2D eigenvalue weighted by Crippen LogP contribution is 2.22. The molecule has 15 heavy (non-hydrogen) atoms. The first kappa shape index (κ1) is 10.1. The van der Waals surface area contributed by atoms with Crippen LogP contribution in [0.4, 0.5) is 0 Å². The van der Waals surface area contributed by atoms with Gasteiger partial charge in [0.25, 0.3) is 0 Å². The minimum absolute atomic E-state index is 0.111. The number of aromatic nitrogens is 2. The Bertz CT molecular complexity index is 459. The van der Waals surface area contributed by atoms with Crippen LogP contribution in [0.15, 0.2) is 36.8 Å². The first-order valence-electron chi connectivity index (χ1n) is 4.47. The zero-order valence-electron chi connectivity index (χ0n) is 7.89. The van der Waals surface area contributed by atoms with Crippen molar-refractivity contribution in [3.63, 3.8) is 0 Å². The van der Waals surface area contributed by atoms with Gasteiger partial charge in [0.15, 0.2) is 0 Å². The monoisotopic (exact) mass is 220 g/mol. The molecule has 0 fully saturated rings. The third kappa shape index (κ3) is 2.14. The largest absolute Gasteiger partial charge is 0.392 e. The molecule has 0 aromatic carbocycles.